The van der Waals surface area contributed by atoms with Gasteiger partial charge in [-0.3, -0.25) is 0 Å². The normalized spacial score (nSPS) is 11.2. The minimum Gasteiger partial charge on any atom is -0.478 e. The number of hydrogen-bond acceptors (Lipinski definition) is 5. The molecule has 0 aliphatic heterocycles. The molecule has 2 aromatic rings. The molecule has 1 aromatic carbocycles. The lowest BCUT2D eigenvalue weighted by Crippen LogP contribution is -2.14. The van der Waals surface area contributed by atoms with Crippen LogP contribution in [0.25, 0.3) is 0 Å². The second-order valence-corrected chi connectivity index (χ2v) is 5.41. The van der Waals surface area contributed by atoms with E-state index in [0.29, 0.717) is 5.69 Å². The molecule has 0 radical (unpaired) electrons. The van der Waals surface area contributed by atoms with E-state index in [2.05, 4.69) is 9.71 Å². The number of nitrogens with zero attached hydrogens (tertiary/aromatic N) is 1. The van der Waals surface area contributed by atoms with E-state index in [-0.39, 0.29) is 16.5 Å². The quantitative estimate of drug-likeness (QED) is 0.879. The van der Waals surface area contributed by atoms with Crippen LogP contribution in [0.4, 0.5) is 6.01 Å². The van der Waals surface area contributed by atoms with Crippen LogP contribution in [0.3, 0.4) is 0 Å². The van der Waals surface area contributed by atoms with Crippen molar-refractivity contribution >= 4 is 22.0 Å². The molecule has 0 spiro atoms. The van der Waals surface area contributed by atoms with Crippen LogP contribution in [-0.2, 0) is 10.0 Å². The van der Waals surface area contributed by atoms with Gasteiger partial charge in [0.1, 0.15) is 6.26 Å². The smallest absolute Gasteiger partial charge is 0.335 e. The highest BCUT2D eigenvalue weighted by molar-refractivity contribution is 7.92. The van der Waals surface area contributed by atoms with Gasteiger partial charge >= 0.3 is 12.0 Å². The molecule has 7 nitrogen and oxygen atoms in total. The summed E-state index contributed by atoms with van der Waals surface area (Å²) in [6.07, 6.45) is 1.30. The molecule has 0 aliphatic rings. The van der Waals surface area contributed by atoms with Crippen molar-refractivity contribution in [1.29, 1.82) is 0 Å². The van der Waals surface area contributed by atoms with E-state index in [1.807, 2.05) is 0 Å². The predicted octanol–water partition coefficient (Wildman–Crippen LogP) is 1.48. The molecule has 0 atom stereocenters. The van der Waals surface area contributed by atoms with Crippen molar-refractivity contribution in [1.82, 2.24) is 4.98 Å². The van der Waals surface area contributed by atoms with E-state index in [9.17, 15) is 13.2 Å². The van der Waals surface area contributed by atoms with Gasteiger partial charge < -0.3 is 9.52 Å². The molecule has 0 amide bonds. The topological polar surface area (TPSA) is 110 Å². The first-order chi connectivity index (χ1) is 8.88. The van der Waals surface area contributed by atoms with Crippen molar-refractivity contribution in [2.45, 2.75) is 11.8 Å². The van der Waals surface area contributed by atoms with Gasteiger partial charge in [-0.25, -0.2) is 17.9 Å². The average molecular weight is 282 g/mol. The first-order valence-electron chi connectivity index (χ1n) is 5.17. The van der Waals surface area contributed by atoms with Gasteiger partial charge in [-0.1, -0.05) is 6.07 Å². The third-order valence-electron chi connectivity index (χ3n) is 2.23. The number of aromatic nitrogens is 1. The molecular weight excluding hydrogens is 272 g/mol. The molecule has 0 fully saturated rings. The summed E-state index contributed by atoms with van der Waals surface area (Å²) in [5.41, 5.74) is 0.406. The number of rotatable bonds is 4. The number of aryl methyl sites for hydroxylation is 1. The molecule has 0 unspecified atom stereocenters. The summed E-state index contributed by atoms with van der Waals surface area (Å²) >= 11 is 0. The second kappa shape index (κ2) is 4.73. The fourth-order valence-electron chi connectivity index (χ4n) is 1.37. The maximum atomic E-state index is 12.0. The zero-order chi connectivity index (χ0) is 14.0. The van der Waals surface area contributed by atoms with Gasteiger partial charge in [0.2, 0.25) is 0 Å². The van der Waals surface area contributed by atoms with Gasteiger partial charge in [0.15, 0.2) is 0 Å². The number of anilines is 1. The van der Waals surface area contributed by atoms with E-state index < -0.39 is 16.0 Å². The summed E-state index contributed by atoms with van der Waals surface area (Å²) in [6, 6.07) is 4.82. The predicted molar refractivity (Wildman–Crippen MR) is 65.4 cm³/mol. The number of carboxylic acid groups (broad SMARTS) is 1. The van der Waals surface area contributed by atoms with Crippen molar-refractivity contribution in [2.24, 2.45) is 0 Å². The third-order valence-corrected chi connectivity index (χ3v) is 3.55. The lowest BCUT2D eigenvalue weighted by Gasteiger charge is -2.04. The Bertz CT molecular complexity index is 720. The van der Waals surface area contributed by atoms with E-state index >= 15 is 0 Å². The monoisotopic (exact) mass is 282 g/mol. The van der Waals surface area contributed by atoms with Crippen molar-refractivity contribution < 1.29 is 22.7 Å². The molecule has 100 valence electrons. The summed E-state index contributed by atoms with van der Waals surface area (Å²) in [6.45, 7) is 1.65. The van der Waals surface area contributed by atoms with Crippen molar-refractivity contribution in [2.75, 3.05) is 4.72 Å². The van der Waals surface area contributed by atoms with E-state index in [0.717, 1.165) is 6.07 Å². The summed E-state index contributed by atoms with van der Waals surface area (Å²) in [7, 11) is -3.93. The molecule has 0 aliphatic carbocycles. The van der Waals surface area contributed by atoms with Gasteiger partial charge in [-0.2, -0.15) is 4.98 Å². The SMILES string of the molecule is Cc1coc(NS(=O)(=O)c2cccc(C(=O)O)c2)n1. The highest BCUT2D eigenvalue weighted by Gasteiger charge is 2.18. The van der Waals surface area contributed by atoms with Crippen LogP contribution in [0.1, 0.15) is 16.1 Å². The van der Waals surface area contributed by atoms with Crippen LogP contribution in [0.5, 0.6) is 0 Å². The highest BCUT2D eigenvalue weighted by Crippen LogP contribution is 2.16. The zero-order valence-corrected chi connectivity index (χ0v) is 10.6. The Balaban J connectivity index is 2.34. The van der Waals surface area contributed by atoms with Crippen LogP contribution in [0, 0.1) is 6.92 Å². The number of benzene rings is 1. The molecule has 0 saturated heterocycles. The number of nitrogens with one attached hydrogen (secondary N) is 1. The summed E-state index contributed by atoms with van der Waals surface area (Å²) in [5.74, 6) is -1.20. The van der Waals surface area contributed by atoms with Crippen LogP contribution < -0.4 is 4.72 Å². The summed E-state index contributed by atoms with van der Waals surface area (Å²) < 4.78 is 31.0. The Hall–Kier alpha value is -2.35. The van der Waals surface area contributed by atoms with Crippen molar-refractivity contribution in [3.8, 4) is 0 Å². The zero-order valence-electron chi connectivity index (χ0n) is 9.82. The van der Waals surface area contributed by atoms with Crippen LogP contribution in [0.2, 0.25) is 0 Å². The Morgan fingerprint density at radius 1 is 1.42 bits per heavy atom. The van der Waals surface area contributed by atoms with E-state index in [1.54, 1.807) is 6.92 Å². The molecule has 0 bridgehead atoms. The second-order valence-electron chi connectivity index (χ2n) is 3.73. The molecule has 19 heavy (non-hydrogen) atoms. The fourth-order valence-corrected chi connectivity index (χ4v) is 2.35. The first kappa shape index (κ1) is 13.1. The number of carbonyl (C=O) groups is 1. The molecule has 2 N–H and O–H groups in total. The third kappa shape index (κ3) is 2.91. The molecule has 0 saturated carbocycles. The largest absolute Gasteiger partial charge is 0.478 e. The van der Waals surface area contributed by atoms with Gasteiger partial charge in [-0.05, 0) is 25.1 Å². The number of hydrogen-bond donors (Lipinski definition) is 2. The molecular formula is C11H10N2O5S. The van der Waals surface area contributed by atoms with Crippen LogP contribution >= 0.6 is 0 Å². The average Bonchev–Trinajstić information content (AvgIpc) is 2.74. The lowest BCUT2D eigenvalue weighted by molar-refractivity contribution is 0.0696. The van der Waals surface area contributed by atoms with E-state index in [4.69, 9.17) is 9.52 Å². The molecule has 1 heterocycles. The van der Waals surface area contributed by atoms with Crippen molar-refractivity contribution in [3.05, 3.63) is 41.8 Å². The standard InChI is InChI=1S/C11H10N2O5S/c1-7-6-18-11(12-7)13-19(16,17)9-4-2-3-8(5-9)10(14)15/h2-6H,1H3,(H,12,13)(H,14,15). The Morgan fingerprint density at radius 2 is 2.16 bits per heavy atom. The lowest BCUT2D eigenvalue weighted by atomic mass is 10.2. The number of oxazole rings is 1. The Kier molecular flexibility index (Phi) is 3.26. The highest BCUT2D eigenvalue weighted by atomic mass is 32.2. The van der Waals surface area contributed by atoms with Gasteiger partial charge in [0.05, 0.1) is 16.2 Å². The molecule has 8 heteroatoms. The number of sulfonamides is 1. The van der Waals surface area contributed by atoms with Crippen molar-refractivity contribution in [3.63, 3.8) is 0 Å². The number of aromatic carboxylic acids is 1. The van der Waals surface area contributed by atoms with Gasteiger partial charge in [0, 0.05) is 0 Å². The first-order valence-corrected chi connectivity index (χ1v) is 6.65. The molecule has 1 aromatic heterocycles. The van der Waals surface area contributed by atoms with Crippen LogP contribution in [0.15, 0.2) is 39.8 Å². The minimum atomic E-state index is -3.93. The van der Waals surface area contributed by atoms with E-state index in [1.165, 1.54) is 24.5 Å². The molecule has 2 rings (SSSR count). The maximum Gasteiger partial charge on any atom is 0.335 e. The Morgan fingerprint density at radius 3 is 2.74 bits per heavy atom. The van der Waals surface area contributed by atoms with Gasteiger partial charge in [0.25, 0.3) is 10.0 Å². The Labute approximate surface area is 108 Å². The number of carboxylic acids is 1. The van der Waals surface area contributed by atoms with Gasteiger partial charge in [-0.15, -0.1) is 0 Å². The minimum absolute atomic E-state index is 0.119. The summed E-state index contributed by atoms with van der Waals surface area (Å²) in [4.78, 5) is 14.4. The fraction of sp³-hybridized carbons (Fsp3) is 0.0909. The maximum absolute atomic E-state index is 12.0. The summed E-state index contributed by atoms with van der Waals surface area (Å²) in [5, 5.41) is 8.82. The van der Waals surface area contributed by atoms with Crippen LogP contribution in [-0.4, -0.2) is 24.5 Å².